The predicted octanol–water partition coefficient (Wildman–Crippen LogP) is 3.94. The maximum absolute atomic E-state index is 5.90. The highest BCUT2D eigenvalue weighted by Crippen LogP contribution is 2.30. The first-order chi connectivity index (χ1) is 7.44. The summed E-state index contributed by atoms with van der Waals surface area (Å²) in [7, 11) is 1.75. The second kappa shape index (κ2) is 5.94. The van der Waals surface area contributed by atoms with Crippen LogP contribution < -0.4 is 5.73 Å². The number of anilines is 1. The SMILES string of the molecule is COC(C)(C)CCSc1cc(Br)ccc1N. The zero-order valence-corrected chi connectivity index (χ0v) is 12.3. The topological polar surface area (TPSA) is 35.2 Å². The Morgan fingerprint density at radius 2 is 2.12 bits per heavy atom. The number of hydrogen-bond acceptors (Lipinski definition) is 3. The molecule has 0 saturated carbocycles. The van der Waals surface area contributed by atoms with Gasteiger partial charge in [-0.1, -0.05) is 15.9 Å². The lowest BCUT2D eigenvalue weighted by atomic mass is 10.1. The second-order valence-electron chi connectivity index (χ2n) is 4.24. The van der Waals surface area contributed by atoms with Crippen LogP contribution in [-0.2, 0) is 4.74 Å². The van der Waals surface area contributed by atoms with Crippen molar-refractivity contribution in [2.24, 2.45) is 0 Å². The summed E-state index contributed by atoms with van der Waals surface area (Å²) in [6.07, 6.45) is 1.00. The summed E-state index contributed by atoms with van der Waals surface area (Å²) in [4.78, 5) is 1.13. The molecule has 0 aromatic heterocycles. The van der Waals surface area contributed by atoms with Gasteiger partial charge in [0, 0.05) is 27.9 Å². The van der Waals surface area contributed by atoms with Gasteiger partial charge in [0.15, 0.2) is 0 Å². The van der Waals surface area contributed by atoms with Crippen LogP contribution in [0, 0.1) is 0 Å². The Bertz CT molecular complexity index is 355. The third-order valence-electron chi connectivity index (χ3n) is 2.49. The number of benzene rings is 1. The normalized spacial score (nSPS) is 11.8. The highest BCUT2D eigenvalue weighted by Gasteiger charge is 2.15. The Hall–Kier alpha value is -0.190. The molecule has 90 valence electrons. The molecule has 0 heterocycles. The molecular weight excluding hydrogens is 286 g/mol. The number of methoxy groups -OCH3 is 1. The Morgan fingerprint density at radius 3 is 2.75 bits per heavy atom. The quantitative estimate of drug-likeness (QED) is 0.661. The van der Waals surface area contributed by atoms with Crippen LogP contribution in [-0.4, -0.2) is 18.5 Å². The third kappa shape index (κ3) is 4.36. The fourth-order valence-corrected chi connectivity index (χ4v) is 2.91. The Labute approximate surface area is 110 Å². The van der Waals surface area contributed by atoms with Gasteiger partial charge in [0.25, 0.3) is 0 Å². The minimum absolute atomic E-state index is 0.0617. The highest BCUT2D eigenvalue weighted by molar-refractivity contribution is 9.10. The van der Waals surface area contributed by atoms with Gasteiger partial charge < -0.3 is 10.5 Å². The maximum atomic E-state index is 5.90. The van der Waals surface area contributed by atoms with Crippen LogP contribution in [0.1, 0.15) is 20.3 Å². The minimum Gasteiger partial charge on any atom is -0.398 e. The molecule has 0 aliphatic heterocycles. The molecule has 0 aliphatic carbocycles. The average Bonchev–Trinajstić information content (AvgIpc) is 2.23. The lowest BCUT2D eigenvalue weighted by Gasteiger charge is -2.22. The Morgan fingerprint density at radius 1 is 1.44 bits per heavy atom. The molecular formula is C12H18BrNOS. The van der Waals surface area contributed by atoms with Gasteiger partial charge in [0.05, 0.1) is 5.60 Å². The zero-order chi connectivity index (χ0) is 12.2. The van der Waals surface area contributed by atoms with Gasteiger partial charge in [-0.15, -0.1) is 11.8 Å². The monoisotopic (exact) mass is 303 g/mol. The maximum Gasteiger partial charge on any atom is 0.0630 e. The molecule has 0 atom stereocenters. The van der Waals surface area contributed by atoms with Crippen molar-refractivity contribution in [1.82, 2.24) is 0 Å². The first-order valence-corrected chi connectivity index (χ1v) is 6.95. The van der Waals surface area contributed by atoms with Crippen LogP contribution in [0.3, 0.4) is 0 Å². The molecule has 0 saturated heterocycles. The molecule has 16 heavy (non-hydrogen) atoms. The molecule has 0 bridgehead atoms. The molecule has 1 aromatic carbocycles. The van der Waals surface area contributed by atoms with Crippen molar-refractivity contribution in [2.45, 2.75) is 30.8 Å². The number of nitrogens with two attached hydrogens (primary N) is 1. The number of ether oxygens (including phenoxy) is 1. The fourth-order valence-electron chi connectivity index (χ4n) is 1.14. The van der Waals surface area contributed by atoms with E-state index < -0.39 is 0 Å². The lowest BCUT2D eigenvalue weighted by molar-refractivity contribution is 0.0207. The van der Waals surface area contributed by atoms with E-state index in [0.29, 0.717) is 0 Å². The molecule has 0 spiro atoms. The van der Waals surface area contributed by atoms with E-state index in [2.05, 4.69) is 35.8 Å². The van der Waals surface area contributed by atoms with E-state index in [-0.39, 0.29) is 5.60 Å². The van der Waals surface area contributed by atoms with E-state index in [1.54, 1.807) is 18.9 Å². The van der Waals surface area contributed by atoms with Crippen molar-refractivity contribution in [3.63, 3.8) is 0 Å². The Kier molecular flexibility index (Phi) is 5.15. The van der Waals surface area contributed by atoms with Crippen LogP contribution in [0.2, 0.25) is 0 Å². The fraction of sp³-hybridized carbons (Fsp3) is 0.500. The van der Waals surface area contributed by atoms with Crippen LogP contribution in [0.5, 0.6) is 0 Å². The van der Waals surface area contributed by atoms with Crippen molar-refractivity contribution in [3.05, 3.63) is 22.7 Å². The molecule has 4 heteroatoms. The number of nitrogen functional groups attached to an aromatic ring is 1. The predicted molar refractivity (Wildman–Crippen MR) is 75.0 cm³/mol. The van der Waals surface area contributed by atoms with Gasteiger partial charge in [-0.25, -0.2) is 0 Å². The van der Waals surface area contributed by atoms with Crippen LogP contribution in [0.4, 0.5) is 5.69 Å². The first-order valence-electron chi connectivity index (χ1n) is 5.17. The summed E-state index contributed by atoms with van der Waals surface area (Å²) in [5.41, 5.74) is 6.67. The summed E-state index contributed by atoms with van der Waals surface area (Å²) < 4.78 is 6.44. The highest BCUT2D eigenvalue weighted by atomic mass is 79.9. The summed E-state index contributed by atoms with van der Waals surface area (Å²) in [5, 5.41) is 0. The number of hydrogen-bond donors (Lipinski definition) is 1. The number of halogens is 1. The van der Waals surface area contributed by atoms with Gasteiger partial charge in [-0.2, -0.15) is 0 Å². The van der Waals surface area contributed by atoms with Gasteiger partial charge in [0.1, 0.15) is 0 Å². The van der Waals surface area contributed by atoms with E-state index in [1.165, 1.54) is 0 Å². The van der Waals surface area contributed by atoms with Crippen molar-refractivity contribution < 1.29 is 4.74 Å². The summed E-state index contributed by atoms with van der Waals surface area (Å²) in [6, 6.07) is 5.94. The summed E-state index contributed by atoms with van der Waals surface area (Å²) in [6.45, 7) is 4.19. The van der Waals surface area contributed by atoms with E-state index in [1.807, 2.05) is 12.1 Å². The molecule has 2 nitrogen and oxygen atoms in total. The molecule has 0 amide bonds. The van der Waals surface area contributed by atoms with Gasteiger partial charge >= 0.3 is 0 Å². The molecule has 0 aliphatic rings. The Balaban J connectivity index is 2.52. The van der Waals surface area contributed by atoms with Gasteiger partial charge in [0.2, 0.25) is 0 Å². The van der Waals surface area contributed by atoms with Gasteiger partial charge in [-0.3, -0.25) is 0 Å². The van der Waals surface area contributed by atoms with Crippen molar-refractivity contribution >= 4 is 33.4 Å². The van der Waals surface area contributed by atoms with Crippen LogP contribution in [0.15, 0.2) is 27.6 Å². The standard InChI is InChI=1S/C12H18BrNOS/c1-12(2,15-3)6-7-16-11-8-9(13)4-5-10(11)14/h4-5,8H,6-7,14H2,1-3H3. The van der Waals surface area contributed by atoms with Crippen molar-refractivity contribution in [1.29, 1.82) is 0 Å². The van der Waals surface area contributed by atoms with Crippen LogP contribution in [0.25, 0.3) is 0 Å². The average molecular weight is 304 g/mol. The van der Waals surface area contributed by atoms with Crippen LogP contribution >= 0.6 is 27.7 Å². The van der Waals surface area contributed by atoms with E-state index in [0.717, 1.165) is 27.2 Å². The van der Waals surface area contributed by atoms with Crippen molar-refractivity contribution in [3.8, 4) is 0 Å². The molecule has 1 aromatic rings. The molecule has 1 rings (SSSR count). The summed E-state index contributed by atoms with van der Waals surface area (Å²) >= 11 is 5.22. The third-order valence-corrected chi connectivity index (χ3v) is 4.06. The number of rotatable bonds is 5. The molecule has 2 N–H and O–H groups in total. The smallest absolute Gasteiger partial charge is 0.0630 e. The van der Waals surface area contributed by atoms with E-state index >= 15 is 0 Å². The minimum atomic E-state index is -0.0617. The number of thioether (sulfide) groups is 1. The van der Waals surface area contributed by atoms with Crippen molar-refractivity contribution in [2.75, 3.05) is 18.6 Å². The van der Waals surface area contributed by atoms with E-state index in [9.17, 15) is 0 Å². The lowest BCUT2D eigenvalue weighted by Crippen LogP contribution is -2.22. The molecule has 0 fully saturated rings. The second-order valence-corrected chi connectivity index (χ2v) is 6.30. The molecule has 0 radical (unpaired) electrons. The largest absolute Gasteiger partial charge is 0.398 e. The zero-order valence-electron chi connectivity index (χ0n) is 9.92. The first kappa shape index (κ1) is 13.9. The molecule has 0 unspecified atom stereocenters. The van der Waals surface area contributed by atoms with Gasteiger partial charge in [-0.05, 0) is 38.5 Å². The summed E-state index contributed by atoms with van der Waals surface area (Å²) in [5.74, 6) is 1.00. The van der Waals surface area contributed by atoms with E-state index in [4.69, 9.17) is 10.5 Å².